The zero-order valence-electron chi connectivity index (χ0n) is 18.6. The van der Waals surface area contributed by atoms with Gasteiger partial charge >= 0.3 is 0 Å². The number of hydrogen-bond acceptors (Lipinski definition) is 5. The summed E-state index contributed by atoms with van der Waals surface area (Å²) in [5, 5.41) is 2.88. The Bertz CT molecular complexity index is 1140. The zero-order chi connectivity index (χ0) is 23.4. The zero-order valence-corrected chi connectivity index (χ0v) is 19.4. The quantitative estimate of drug-likeness (QED) is 0.673. The maximum atomic E-state index is 13.1. The van der Waals surface area contributed by atoms with Crippen LogP contribution in [0.15, 0.2) is 47.4 Å². The van der Waals surface area contributed by atoms with E-state index in [2.05, 4.69) is 10.2 Å². The second kappa shape index (κ2) is 9.93. The number of rotatable bonds is 6. The Morgan fingerprint density at radius 1 is 0.818 bits per heavy atom. The predicted octanol–water partition coefficient (Wildman–Crippen LogP) is 3.20. The summed E-state index contributed by atoms with van der Waals surface area (Å²) < 4.78 is 27.6. The number of hydrogen-bond donors (Lipinski definition) is 2. The smallest absolute Gasteiger partial charge is 0.255 e. The molecule has 176 valence electrons. The van der Waals surface area contributed by atoms with Crippen LogP contribution in [0.1, 0.15) is 59.2 Å². The highest BCUT2D eigenvalue weighted by molar-refractivity contribution is 7.89. The molecule has 0 spiro atoms. The van der Waals surface area contributed by atoms with Gasteiger partial charge in [0.25, 0.3) is 5.91 Å². The Morgan fingerprint density at radius 3 is 2.15 bits per heavy atom. The predicted molar refractivity (Wildman–Crippen MR) is 128 cm³/mol. The van der Waals surface area contributed by atoms with Gasteiger partial charge in [-0.2, -0.15) is 4.31 Å². The van der Waals surface area contributed by atoms with Crippen LogP contribution in [0.3, 0.4) is 0 Å². The van der Waals surface area contributed by atoms with Gasteiger partial charge in [0.2, 0.25) is 15.9 Å². The molecule has 9 heteroatoms. The maximum Gasteiger partial charge on any atom is 0.255 e. The summed E-state index contributed by atoms with van der Waals surface area (Å²) in [4.78, 5) is 27.1. The third kappa shape index (κ3) is 5.20. The van der Waals surface area contributed by atoms with Gasteiger partial charge in [-0.05, 0) is 68.5 Å². The molecule has 0 saturated carbocycles. The third-order valence-electron chi connectivity index (χ3n) is 6.28. The first-order valence-electron chi connectivity index (χ1n) is 11.5. The van der Waals surface area contributed by atoms with Gasteiger partial charge in [0, 0.05) is 37.3 Å². The van der Waals surface area contributed by atoms with Crippen molar-refractivity contribution in [1.29, 1.82) is 0 Å². The highest BCUT2D eigenvalue weighted by atomic mass is 32.2. The summed E-state index contributed by atoms with van der Waals surface area (Å²) in [5.41, 5.74) is 7.30. The number of anilines is 2. The Hall–Kier alpha value is -2.91. The summed E-state index contributed by atoms with van der Waals surface area (Å²) in [6, 6.07) is 11.1. The molecule has 33 heavy (non-hydrogen) atoms. The van der Waals surface area contributed by atoms with Crippen molar-refractivity contribution in [3.05, 3.63) is 53.6 Å². The van der Waals surface area contributed by atoms with Crippen LogP contribution in [0.5, 0.6) is 0 Å². The first-order valence-corrected chi connectivity index (χ1v) is 12.9. The van der Waals surface area contributed by atoms with E-state index >= 15 is 0 Å². The number of nitrogens with zero attached hydrogens (tertiary/aromatic N) is 2. The van der Waals surface area contributed by atoms with Crippen LogP contribution in [0.25, 0.3) is 0 Å². The largest absolute Gasteiger partial charge is 0.370 e. The highest BCUT2D eigenvalue weighted by Crippen LogP contribution is 2.30. The van der Waals surface area contributed by atoms with Gasteiger partial charge in [0.05, 0.1) is 16.3 Å². The molecule has 2 aromatic carbocycles. The maximum absolute atomic E-state index is 13.1. The summed E-state index contributed by atoms with van der Waals surface area (Å²) in [6.45, 7) is 2.72. The number of carbonyl (C=O) groups is 2. The van der Waals surface area contributed by atoms with Crippen LogP contribution in [-0.4, -0.2) is 50.7 Å². The first-order chi connectivity index (χ1) is 15.9. The Kier molecular flexibility index (Phi) is 6.99. The van der Waals surface area contributed by atoms with Gasteiger partial charge in [-0.15, -0.1) is 0 Å². The van der Waals surface area contributed by atoms with E-state index in [1.807, 2.05) is 0 Å². The lowest BCUT2D eigenvalue weighted by atomic mass is 10.1. The van der Waals surface area contributed by atoms with Gasteiger partial charge in [0.1, 0.15) is 0 Å². The van der Waals surface area contributed by atoms with Crippen LogP contribution in [0.2, 0.25) is 0 Å². The molecule has 2 aromatic rings. The molecular weight excluding hydrogens is 440 g/mol. The highest BCUT2D eigenvalue weighted by Gasteiger charge is 2.27. The molecule has 0 aliphatic carbocycles. The van der Waals surface area contributed by atoms with Gasteiger partial charge in [0.15, 0.2) is 0 Å². The van der Waals surface area contributed by atoms with Gasteiger partial charge in [-0.1, -0.05) is 12.5 Å². The van der Waals surface area contributed by atoms with E-state index < -0.39 is 21.8 Å². The molecule has 2 aliphatic rings. The minimum absolute atomic E-state index is 0.110. The van der Waals surface area contributed by atoms with Gasteiger partial charge in [-0.3, -0.25) is 9.59 Å². The van der Waals surface area contributed by atoms with Crippen molar-refractivity contribution in [2.45, 2.75) is 43.4 Å². The average Bonchev–Trinajstić information content (AvgIpc) is 2.85. The molecule has 2 aliphatic heterocycles. The van der Waals surface area contributed by atoms with E-state index in [9.17, 15) is 18.0 Å². The second-order valence-electron chi connectivity index (χ2n) is 8.59. The van der Waals surface area contributed by atoms with Crippen LogP contribution in [0.4, 0.5) is 11.4 Å². The number of primary amides is 1. The lowest BCUT2D eigenvalue weighted by Crippen LogP contribution is -2.35. The molecule has 2 amide bonds. The van der Waals surface area contributed by atoms with Crippen molar-refractivity contribution in [3.8, 4) is 0 Å². The summed E-state index contributed by atoms with van der Waals surface area (Å²) >= 11 is 0. The van der Waals surface area contributed by atoms with Crippen molar-refractivity contribution < 1.29 is 18.0 Å². The van der Waals surface area contributed by atoms with Crippen LogP contribution >= 0.6 is 0 Å². The van der Waals surface area contributed by atoms with Crippen molar-refractivity contribution in [2.75, 3.05) is 36.4 Å². The minimum atomic E-state index is -3.65. The van der Waals surface area contributed by atoms with Crippen molar-refractivity contribution in [1.82, 2.24) is 4.31 Å². The number of piperidine rings is 2. The first kappa shape index (κ1) is 23.3. The van der Waals surface area contributed by atoms with Crippen LogP contribution < -0.4 is 16.0 Å². The van der Waals surface area contributed by atoms with E-state index in [-0.39, 0.29) is 10.5 Å². The fourth-order valence-electron chi connectivity index (χ4n) is 4.45. The summed E-state index contributed by atoms with van der Waals surface area (Å²) in [7, 11) is -3.65. The monoisotopic (exact) mass is 470 g/mol. The molecule has 0 atom stereocenters. The molecule has 3 N–H and O–H groups in total. The van der Waals surface area contributed by atoms with Gasteiger partial charge in [-0.25, -0.2) is 8.42 Å². The van der Waals surface area contributed by atoms with Crippen LogP contribution in [0, 0.1) is 0 Å². The Morgan fingerprint density at radius 2 is 1.48 bits per heavy atom. The van der Waals surface area contributed by atoms with E-state index in [1.54, 1.807) is 30.3 Å². The number of nitrogens with one attached hydrogen (secondary N) is 1. The standard InChI is InChI=1S/C24H30N4O4S/c25-23(29)18-10-11-22(27-12-3-1-4-13-27)21(17-18)26-24(30)19-8-7-9-20(16-19)33(31,32)28-14-5-2-6-15-28/h7-11,16-17H,1-6,12-15H2,(H2,25,29)(H,26,30). The molecule has 2 fully saturated rings. The SMILES string of the molecule is NC(=O)c1ccc(N2CCCCC2)c(NC(=O)c2cccc(S(=O)(=O)N3CCCCC3)c2)c1. The molecule has 0 aromatic heterocycles. The number of amides is 2. The van der Waals surface area contributed by atoms with Crippen LogP contribution in [-0.2, 0) is 10.0 Å². The fraction of sp³-hybridized carbons (Fsp3) is 0.417. The number of nitrogens with two attached hydrogens (primary N) is 1. The van der Waals surface area contributed by atoms with E-state index in [0.29, 0.717) is 24.3 Å². The lowest BCUT2D eigenvalue weighted by molar-refractivity contribution is 0.0996. The van der Waals surface area contributed by atoms with E-state index in [4.69, 9.17) is 5.73 Å². The van der Waals surface area contributed by atoms with E-state index in [1.165, 1.54) is 16.4 Å². The second-order valence-corrected chi connectivity index (χ2v) is 10.5. The summed E-state index contributed by atoms with van der Waals surface area (Å²) in [5.74, 6) is -1.02. The summed E-state index contributed by atoms with van der Waals surface area (Å²) in [6.07, 6.45) is 5.99. The molecule has 0 bridgehead atoms. The molecule has 0 radical (unpaired) electrons. The Balaban J connectivity index is 1.61. The lowest BCUT2D eigenvalue weighted by Gasteiger charge is -2.30. The Labute approximate surface area is 194 Å². The number of benzene rings is 2. The molecule has 2 heterocycles. The van der Waals surface area contributed by atoms with Crippen molar-refractivity contribution in [2.24, 2.45) is 5.73 Å². The molecule has 4 rings (SSSR count). The molecular formula is C24H30N4O4S. The molecule has 2 saturated heterocycles. The minimum Gasteiger partial charge on any atom is -0.370 e. The van der Waals surface area contributed by atoms with Crippen molar-refractivity contribution >= 4 is 33.2 Å². The number of carbonyl (C=O) groups excluding carboxylic acids is 2. The van der Waals surface area contributed by atoms with Gasteiger partial charge < -0.3 is 16.0 Å². The average molecular weight is 471 g/mol. The molecule has 0 unspecified atom stereocenters. The fourth-order valence-corrected chi connectivity index (χ4v) is 6.01. The number of sulfonamides is 1. The third-order valence-corrected chi connectivity index (χ3v) is 8.17. The topological polar surface area (TPSA) is 113 Å². The molecule has 8 nitrogen and oxygen atoms in total. The van der Waals surface area contributed by atoms with Crippen molar-refractivity contribution in [3.63, 3.8) is 0 Å². The van der Waals surface area contributed by atoms with E-state index in [0.717, 1.165) is 57.3 Å². The normalized spacial score (nSPS) is 17.5.